The number of nitrogens with one attached hydrogen (secondary N) is 1. The number of thioether (sulfide) groups is 1. The second-order valence-corrected chi connectivity index (χ2v) is 7.39. The minimum absolute atomic E-state index is 0.0242. The molecule has 0 unspecified atom stereocenters. The molecule has 9 heteroatoms. The summed E-state index contributed by atoms with van der Waals surface area (Å²) >= 11 is 2.64. The predicted molar refractivity (Wildman–Crippen MR) is 106 cm³/mol. The van der Waals surface area contributed by atoms with Crippen molar-refractivity contribution in [3.8, 4) is 11.3 Å². The Kier molecular flexibility index (Phi) is 6.25. The number of amides is 1. The van der Waals surface area contributed by atoms with Crippen molar-refractivity contribution in [2.75, 3.05) is 18.2 Å². The van der Waals surface area contributed by atoms with Gasteiger partial charge in [-0.25, -0.2) is 9.97 Å². The van der Waals surface area contributed by atoms with Crippen molar-refractivity contribution in [1.29, 1.82) is 0 Å². The van der Waals surface area contributed by atoms with Gasteiger partial charge in [-0.3, -0.25) is 9.59 Å². The van der Waals surface area contributed by atoms with Gasteiger partial charge in [-0.15, -0.1) is 11.3 Å². The maximum atomic E-state index is 12.2. The molecule has 0 spiro atoms. The number of methoxy groups -OCH3 is 1. The minimum Gasteiger partial charge on any atom is -0.468 e. The fourth-order valence-corrected chi connectivity index (χ4v) is 3.84. The molecule has 3 aromatic rings. The Hall–Kier alpha value is -2.65. The largest absolute Gasteiger partial charge is 0.468 e. The zero-order chi connectivity index (χ0) is 19.2. The van der Waals surface area contributed by atoms with Crippen LogP contribution in [0.5, 0.6) is 0 Å². The van der Waals surface area contributed by atoms with Crippen LogP contribution in [0.4, 0.5) is 5.13 Å². The van der Waals surface area contributed by atoms with Crippen LogP contribution in [-0.4, -0.2) is 39.3 Å². The first kappa shape index (κ1) is 19.1. The predicted octanol–water partition coefficient (Wildman–Crippen LogP) is 3.22. The van der Waals surface area contributed by atoms with Crippen molar-refractivity contribution in [3.05, 3.63) is 47.6 Å². The Morgan fingerprint density at radius 3 is 2.74 bits per heavy atom. The normalized spacial score (nSPS) is 10.6. The number of hydrogen-bond donors (Lipinski definition) is 1. The van der Waals surface area contributed by atoms with Crippen LogP contribution in [0.3, 0.4) is 0 Å². The maximum absolute atomic E-state index is 12.2. The van der Waals surface area contributed by atoms with Gasteiger partial charge >= 0.3 is 5.97 Å². The molecule has 2 heterocycles. The molecule has 27 heavy (non-hydrogen) atoms. The smallest absolute Gasteiger partial charge is 0.325 e. The Morgan fingerprint density at radius 2 is 2.07 bits per heavy atom. The van der Waals surface area contributed by atoms with Crippen LogP contribution in [-0.2, 0) is 20.9 Å². The second-order valence-electron chi connectivity index (χ2n) is 5.59. The topological polar surface area (TPSA) is 86.1 Å². The van der Waals surface area contributed by atoms with Gasteiger partial charge in [-0.2, -0.15) is 0 Å². The third-order valence-corrected chi connectivity index (χ3v) is 5.47. The molecule has 0 aliphatic rings. The number of aromatic nitrogens is 3. The molecule has 3 rings (SSSR count). The van der Waals surface area contributed by atoms with Gasteiger partial charge in [0.15, 0.2) is 10.3 Å². The van der Waals surface area contributed by atoms with Gasteiger partial charge in [0.05, 0.1) is 30.4 Å². The lowest BCUT2D eigenvalue weighted by Gasteiger charge is -2.10. The fourth-order valence-electron chi connectivity index (χ4n) is 2.36. The average Bonchev–Trinajstić information content (AvgIpc) is 3.26. The summed E-state index contributed by atoms with van der Waals surface area (Å²) in [5.41, 5.74) is 2.59. The lowest BCUT2D eigenvalue weighted by molar-refractivity contribution is -0.141. The van der Waals surface area contributed by atoms with E-state index in [2.05, 4.69) is 15.3 Å². The van der Waals surface area contributed by atoms with Crippen LogP contribution in [0.15, 0.2) is 47.1 Å². The lowest BCUT2D eigenvalue weighted by atomic mass is 10.2. The van der Waals surface area contributed by atoms with Crippen molar-refractivity contribution >= 4 is 40.1 Å². The van der Waals surface area contributed by atoms with E-state index in [0.29, 0.717) is 10.3 Å². The second kappa shape index (κ2) is 8.83. The standard InChI is InChI=1S/C18H18N4O3S2/c1-12-10-26-17(20-12)21-15(23)11-27-18-19-8-14(13-6-4-3-5-7-13)22(18)9-16(24)25-2/h3-8,10H,9,11H2,1-2H3,(H,20,21,23). The quantitative estimate of drug-likeness (QED) is 0.482. The summed E-state index contributed by atoms with van der Waals surface area (Å²) in [4.78, 5) is 32.6. The highest BCUT2D eigenvalue weighted by atomic mass is 32.2. The van der Waals surface area contributed by atoms with Crippen molar-refractivity contribution in [2.24, 2.45) is 0 Å². The highest BCUT2D eigenvalue weighted by molar-refractivity contribution is 7.99. The third-order valence-electron chi connectivity index (χ3n) is 3.60. The van der Waals surface area contributed by atoms with Crippen molar-refractivity contribution < 1.29 is 14.3 Å². The molecule has 0 saturated heterocycles. The van der Waals surface area contributed by atoms with Crippen LogP contribution < -0.4 is 5.32 Å². The zero-order valence-electron chi connectivity index (χ0n) is 14.8. The number of hydrogen-bond acceptors (Lipinski definition) is 7. The number of rotatable bonds is 7. The fraction of sp³-hybridized carbons (Fsp3) is 0.222. The summed E-state index contributed by atoms with van der Waals surface area (Å²) in [7, 11) is 1.34. The van der Waals surface area contributed by atoms with Gasteiger partial charge in [0, 0.05) is 5.38 Å². The van der Waals surface area contributed by atoms with E-state index in [1.807, 2.05) is 42.6 Å². The van der Waals surface area contributed by atoms with Gasteiger partial charge in [0.2, 0.25) is 5.91 Å². The van der Waals surface area contributed by atoms with E-state index in [1.165, 1.54) is 30.2 Å². The molecule has 140 valence electrons. The number of carbonyl (C=O) groups excluding carboxylic acids is 2. The van der Waals surface area contributed by atoms with Gasteiger partial charge < -0.3 is 14.6 Å². The Morgan fingerprint density at radius 1 is 1.30 bits per heavy atom. The number of anilines is 1. The summed E-state index contributed by atoms with van der Waals surface area (Å²) in [6.45, 7) is 1.89. The first-order valence-corrected chi connectivity index (χ1v) is 9.96. The number of aryl methyl sites for hydroxylation is 1. The van der Waals surface area contributed by atoms with Crippen LogP contribution >= 0.6 is 23.1 Å². The van der Waals surface area contributed by atoms with E-state index in [9.17, 15) is 9.59 Å². The minimum atomic E-state index is -0.380. The molecule has 0 fully saturated rings. The van der Waals surface area contributed by atoms with Gasteiger partial charge in [-0.1, -0.05) is 42.1 Å². The first-order valence-electron chi connectivity index (χ1n) is 8.09. The van der Waals surface area contributed by atoms with Gasteiger partial charge in [-0.05, 0) is 12.5 Å². The molecule has 0 aliphatic carbocycles. The highest BCUT2D eigenvalue weighted by Crippen LogP contribution is 2.26. The Bertz CT molecular complexity index is 937. The monoisotopic (exact) mass is 402 g/mol. The van der Waals surface area contributed by atoms with E-state index in [1.54, 1.807) is 10.8 Å². The molecule has 0 aliphatic heterocycles. The average molecular weight is 403 g/mol. The first-order chi connectivity index (χ1) is 13.1. The summed E-state index contributed by atoms with van der Waals surface area (Å²) < 4.78 is 6.55. The summed E-state index contributed by atoms with van der Waals surface area (Å²) in [5.74, 6) is -0.400. The van der Waals surface area contributed by atoms with Crippen molar-refractivity contribution in [1.82, 2.24) is 14.5 Å². The van der Waals surface area contributed by atoms with Crippen molar-refractivity contribution in [2.45, 2.75) is 18.6 Å². The summed E-state index contributed by atoms with van der Waals surface area (Å²) in [6.07, 6.45) is 1.70. The van der Waals surface area contributed by atoms with Crippen LogP contribution in [0.25, 0.3) is 11.3 Å². The molecule has 7 nitrogen and oxygen atoms in total. The van der Waals surface area contributed by atoms with Gasteiger partial charge in [0.1, 0.15) is 6.54 Å². The Balaban J connectivity index is 1.75. The summed E-state index contributed by atoms with van der Waals surface area (Å²) in [6, 6.07) is 9.64. The highest BCUT2D eigenvalue weighted by Gasteiger charge is 2.17. The molecular formula is C18H18N4O3S2. The lowest BCUT2D eigenvalue weighted by Crippen LogP contribution is -2.16. The van der Waals surface area contributed by atoms with Crippen LogP contribution in [0.2, 0.25) is 0 Å². The SMILES string of the molecule is COC(=O)Cn1c(-c2ccccc2)cnc1SCC(=O)Nc1nc(C)cs1. The number of imidazole rings is 1. The molecule has 2 aromatic heterocycles. The molecule has 0 saturated carbocycles. The number of carbonyl (C=O) groups is 2. The number of nitrogens with zero attached hydrogens (tertiary/aromatic N) is 3. The van der Waals surface area contributed by atoms with Crippen LogP contribution in [0, 0.1) is 6.92 Å². The van der Waals surface area contributed by atoms with Crippen molar-refractivity contribution in [3.63, 3.8) is 0 Å². The molecule has 0 bridgehead atoms. The van der Waals surface area contributed by atoms with Crippen LogP contribution in [0.1, 0.15) is 5.69 Å². The number of benzene rings is 1. The van der Waals surface area contributed by atoms with Gasteiger partial charge in [0.25, 0.3) is 0 Å². The summed E-state index contributed by atoms with van der Waals surface area (Å²) in [5, 5.41) is 5.78. The molecule has 1 aromatic carbocycles. The van der Waals surface area contributed by atoms with E-state index >= 15 is 0 Å². The molecule has 0 radical (unpaired) electrons. The van der Waals surface area contributed by atoms with E-state index in [0.717, 1.165) is 17.0 Å². The van der Waals surface area contributed by atoms with E-state index in [4.69, 9.17) is 4.74 Å². The Labute approximate surface area is 164 Å². The zero-order valence-corrected chi connectivity index (χ0v) is 16.5. The molecule has 1 amide bonds. The number of thiazole rings is 1. The van der Waals surface area contributed by atoms with E-state index in [-0.39, 0.29) is 24.2 Å². The van der Waals surface area contributed by atoms with E-state index < -0.39 is 0 Å². The molecule has 0 atom stereocenters. The molecular weight excluding hydrogens is 384 g/mol. The maximum Gasteiger partial charge on any atom is 0.325 e. The number of esters is 1. The third kappa shape index (κ3) is 4.95. The number of ether oxygens (including phenoxy) is 1. The molecule has 1 N–H and O–H groups in total.